The van der Waals surface area contributed by atoms with Crippen LogP contribution in [0.5, 0.6) is 0 Å². The standard InChI is InChI=1S/C11H18N2O3/c14-8-13-7-9(6-10(13)11(15)16)12-4-2-1-3-5-12/h8-10H,1-7H2,(H,15,16). The molecule has 2 atom stereocenters. The topological polar surface area (TPSA) is 60.9 Å². The first-order valence-corrected chi connectivity index (χ1v) is 5.90. The summed E-state index contributed by atoms with van der Waals surface area (Å²) in [4.78, 5) is 25.5. The van der Waals surface area contributed by atoms with E-state index in [4.69, 9.17) is 5.11 Å². The molecule has 2 saturated heterocycles. The molecule has 5 nitrogen and oxygen atoms in total. The molecule has 5 heteroatoms. The van der Waals surface area contributed by atoms with Crippen LogP contribution in [0.4, 0.5) is 0 Å². The summed E-state index contributed by atoms with van der Waals surface area (Å²) in [5.41, 5.74) is 0. The van der Waals surface area contributed by atoms with E-state index in [0.717, 1.165) is 13.1 Å². The zero-order chi connectivity index (χ0) is 11.5. The van der Waals surface area contributed by atoms with Gasteiger partial charge in [0.25, 0.3) is 0 Å². The van der Waals surface area contributed by atoms with Crippen molar-refractivity contribution in [1.82, 2.24) is 9.80 Å². The van der Waals surface area contributed by atoms with E-state index in [9.17, 15) is 9.59 Å². The molecule has 0 aromatic carbocycles. The summed E-state index contributed by atoms with van der Waals surface area (Å²) >= 11 is 0. The van der Waals surface area contributed by atoms with Crippen LogP contribution < -0.4 is 0 Å². The van der Waals surface area contributed by atoms with E-state index >= 15 is 0 Å². The number of carbonyl (C=O) groups excluding carboxylic acids is 1. The molecule has 0 saturated carbocycles. The molecule has 1 amide bonds. The van der Waals surface area contributed by atoms with Crippen molar-refractivity contribution in [3.63, 3.8) is 0 Å². The Labute approximate surface area is 95.0 Å². The van der Waals surface area contributed by atoms with Crippen molar-refractivity contribution in [3.8, 4) is 0 Å². The number of nitrogens with zero attached hydrogens (tertiary/aromatic N) is 2. The first kappa shape index (κ1) is 11.4. The number of carboxylic acid groups (broad SMARTS) is 1. The van der Waals surface area contributed by atoms with E-state index in [1.807, 2.05) is 0 Å². The van der Waals surface area contributed by atoms with Gasteiger partial charge in [0.2, 0.25) is 6.41 Å². The summed E-state index contributed by atoms with van der Waals surface area (Å²) in [6.45, 7) is 2.66. The van der Waals surface area contributed by atoms with Gasteiger partial charge in [0.1, 0.15) is 6.04 Å². The molecule has 0 bridgehead atoms. The fourth-order valence-corrected chi connectivity index (χ4v) is 2.75. The predicted molar refractivity (Wildman–Crippen MR) is 58.0 cm³/mol. The van der Waals surface area contributed by atoms with Gasteiger partial charge in [-0.25, -0.2) is 4.79 Å². The van der Waals surface area contributed by atoms with Gasteiger partial charge in [-0.2, -0.15) is 0 Å². The van der Waals surface area contributed by atoms with Crippen molar-refractivity contribution in [1.29, 1.82) is 0 Å². The minimum absolute atomic E-state index is 0.242. The zero-order valence-electron chi connectivity index (χ0n) is 9.34. The highest BCUT2D eigenvalue weighted by Gasteiger charge is 2.38. The molecule has 2 aliphatic rings. The van der Waals surface area contributed by atoms with Crippen molar-refractivity contribution in [2.45, 2.75) is 37.8 Å². The molecule has 0 aromatic heterocycles. The minimum Gasteiger partial charge on any atom is -0.480 e. The zero-order valence-corrected chi connectivity index (χ0v) is 9.34. The average Bonchev–Trinajstić information content (AvgIpc) is 2.74. The molecule has 2 heterocycles. The van der Waals surface area contributed by atoms with Crippen LogP contribution in [-0.4, -0.2) is 59.0 Å². The molecular weight excluding hydrogens is 208 g/mol. The van der Waals surface area contributed by atoms with Crippen LogP contribution in [0.3, 0.4) is 0 Å². The van der Waals surface area contributed by atoms with Crippen LogP contribution in [0.1, 0.15) is 25.7 Å². The van der Waals surface area contributed by atoms with Gasteiger partial charge in [-0.15, -0.1) is 0 Å². The molecule has 2 fully saturated rings. The first-order valence-electron chi connectivity index (χ1n) is 5.90. The minimum atomic E-state index is -0.883. The first-order chi connectivity index (χ1) is 7.72. The van der Waals surface area contributed by atoms with E-state index in [2.05, 4.69) is 4.90 Å². The number of aliphatic carboxylic acids is 1. The van der Waals surface area contributed by atoms with Crippen LogP contribution in [0.15, 0.2) is 0 Å². The summed E-state index contributed by atoms with van der Waals surface area (Å²) < 4.78 is 0. The smallest absolute Gasteiger partial charge is 0.326 e. The lowest BCUT2D eigenvalue weighted by Crippen LogP contribution is -2.40. The maximum Gasteiger partial charge on any atom is 0.326 e. The van der Waals surface area contributed by atoms with Crippen molar-refractivity contribution >= 4 is 12.4 Å². The SMILES string of the molecule is O=CN1CC(N2CCCCC2)CC1C(=O)O. The summed E-state index contributed by atoms with van der Waals surface area (Å²) in [6.07, 6.45) is 4.89. The second-order valence-electron chi connectivity index (χ2n) is 4.64. The molecular formula is C11H18N2O3. The van der Waals surface area contributed by atoms with Gasteiger partial charge < -0.3 is 10.0 Å². The van der Waals surface area contributed by atoms with Crippen LogP contribution in [0, 0.1) is 0 Å². The second-order valence-corrected chi connectivity index (χ2v) is 4.64. The molecule has 0 aliphatic carbocycles. The Hall–Kier alpha value is -1.10. The largest absolute Gasteiger partial charge is 0.480 e. The summed E-state index contributed by atoms with van der Waals surface area (Å²) in [5, 5.41) is 9.01. The summed E-state index contributed by atoms with van der Waals surface area (Å²) in [6, 6.07) is -0.379. The molecule has 0 aromatic rings. The number of likely N-dealkylation sites (tertiary alicyclic amines) is 2. The highest BCUT2D eigenvalue weighted by Crippen LogP contribution is 2.23. The molecule has 0 radical (unpaired) electrons. The number of piperidine rings is 1. The van der Waals surface area contributed by atoms with Gasteiger partial charge in [0, 0.05) is 12.6 Å². The van der Waals surface area contributed by atoms with Gasteiger partial charge in [-0.3, -0.25) is 9.69 Å². The molecule has 90 valence electrons. The van der Waals surface area contributed by atoms with Crippen molar-refractivity contribution < 1.29 is 14.7 Å². The van der Waals surface area contributed by atoms with Crippen molar-refractivity contribution in [3.05, 3.63) is 0 Å². The second kappa shape index (κ2) is 4.82. The lowest BCUT2D eigenvalue weighted by atomic mass is 10.1. The van der Waals surface area contributed by atoms with Gasteiger partial charge in [-0.1, -0.05) is 6.42 Å². The molecule has 1 N–H and O–H groups in total. The Kier molecular flexibility index (Phi) is 3.43. The lowest BCUT2D eigenvalue weighted by molar-refractivity contribution is -0.144. The predicted octanol–water partition coefficient (Wildman–Crippen LogP) is 0.156. The van der Waals surface area contributed by atoms with E-state index in [0.29, 0.717) is 19.4 Å². The number of rotatable bonds is 3. The highest BCUT2D eigenvalue weighted by atomic mass is 16.4. The number of carboxylic acids is 1. The monoisotopic (exact) mass is 226 g/mol. The third-order valence-corrected chi connectivity index (χ3v) is 3.64. The van der Waals surface area contributed by atoms with Gasteiger partial charge in [0.15, 0.2) is 0 Å². The van der Waals surface area contributed by atoms with Crippen LogP contribution in [0.25, 0.3) is 0 Å². The van der Waals surface area contributed by atoms with Crippen LogP contribution in [0.2, 0.25) is 0 Å². The number of hydrogen-bond donors (Lipinski definition) is 1. The maximum atomic E-state index is 11.0. The molecule has 0 spiro atoms. The van der Waals surface area contributed by atoms with E-state index in [1.165, 1.54) is 24.2 Å². The Morgan fingerprint density at radius 3 is 2.44 bits per heavy atom. The van der Waals surface area contributed by atoms with Gasteiger partial charge in [-0.05, 0) is 32.4 Å². The molecule has 2 rings (SSSR count). The number of carbonyl (C=O) groups is 2. The third-order valence-electron chi connectivity index (χ3n) is 3.64. The van der Waals surface area contributed by atoms with E-state index in [-0.39, 0.29) is 6.04 Å². The molecule has 16 heavy (non-hydrogen) atoms. The van der Waals surface area contributed by atoms with Gasteiger partial charge >= 0.3 is 5.97 Å². The highest BCUT2D eigenvalue weighted by molar-refractivity contribution is 5.77. The van der Waals surface area contributed by atoms with Crippen LogP contribution in [-0.2, 0) is 9.59 Å². The van der Waals surface area contributed by atoms with E-state index in [1.54, 1.807) is 0 Å². The Morgan fingerprint density at radius 2 is 1.94 bits per heavy atom. The fourth-order valence-electron chi connectivity index (χ4n) is 2.75. The van der Waals surface area contributed by atoms with Crippen LogP contribution >= 0.6 is 0 Å². The van der Waals surface area contributed by atoms with Crippen molar-refractivity contribution in [2.75, 3.05) is 19.6 Å². The third kappa shape index (κ3) is 2.19. The summed E-state index contributed by atoms with van der Waals surface area (Å²) in [5.74, 6) is -0.883. The fraction of sp³-hybridized carbons (Fsp3) is 0.818. The molecule has 2 aliphatic heterocycles. The maximum absolute atomic E-state index is 11.0. The Morgan fingerprint density at radius 1 is 1.25 bits per heavy atom. The normalized spacial score (nSPS) is 31.6. The lowest BCUT2D eigenvalue weighted by Gasteiger charge is -2.31. The Bertz CT molecular complexity index is 276. The quantitative estimate of drug-likeness (QED) is 0.696. The molecule has 2 unspecified atom stereocenters. The number of amides is 1. The van der Waals surface area contributed by atoms with Crippen molar-refractivity contribution in [2.24, 2.45) is 0 Å². The van der Waals surface area contributed by atoms with E-state index < -0.39 is 12.0 Å². The van der Waals surface area contributed by atoms with Gasteiger partial charge in [0.05, 0.1) is 0 Å². The average molecular weight is 226 g/mol. The summed E-state index contributed by atoms with van der Waals surface area (Å²) in [7, 11) is 0. The Balaban J connectivity index is 1.98. The number of hydrogen-bond acceptors (Lipinski definition) is 3.